The highest BCUT2D eigenvalue weighted by atomic mass is 32.1. The number of fused-ring (bicyclic) bond motifs is 1. The normalized spacial score (nSPS) is 18.8. The molecule has 3 rings (SSSR count). The van der Waals surface area contributed by atoms with E-state index in [1.807, 2.05) is 19.9 Å². The number of aromatic nitrogens is 2. The van der Waals surface area contributed by atoms with Crippen LogP contribution in [0, 0.1) is 12.8 Å². The maximum absolute atomic E-state index is 12.5. The summed E-state index contributed by atoms with van der Waals surface area (Å²) >= 11 is 4.29. The number of hydrogen-bond acceptors (Lipinski definition) is 6. The average molecular weight is 410 g/mol. The molecule has 0 aliphatic carbocycles. The van der Waals surface area contributed by atoms with Gasteiger partial charge in [-0.15, -0.1) is 0 Å². The molecule has 2 N–H and O–H groups in total. The standard InChI is InChI=1S/C21H23N5O2S/c1-12-8-9-23-21(24-12)25-19-13(2)17(5-4-10-29)26(14(3)27)18-7-6-15(20(22)28)11-16(18)19/h5-9,11,13,29H,4,10H2,1-3H3,(H2,22,28)/b17-5+,25-19?/t13-/m0/s1. The predicted octanol–water partition coefficient (Wildman–Crippen LogP) is 3.21. The first-order chi connectivity index (χ1) is 13.8. The van der Waals surface area contributed by atoms with Gasteiger partial charge < -0.3 is 5.73 Å². The summed E-state index contributed by atoms with van der Waals surface area (Å²) in [6, 6.07) is 6.81. The van der Waals surface area contributed by atoms with E-state index in [-0.39, 0.29) is 11.8 Å². The Bertz CT molecular complexity index is 1030. The Morgan fingerprint density at radius 1 is 1.34 bits per heavy atom. The number of anilines is 1. The van der Waals surface area contributed by atoms with E-state index in [1.165, 1.54) is 6.92 Å². The second-order valence-electron chi connectivity index (χ2n) is 6.81. The maximum Gasteiger partial charge on any atom is 0.249 e. The Morgan fingerprint density at radius 2 is 2.10 bits per heavy atom. The highest BCUT2D eigenvalue weighted by molar-refractivity contribution is 7.80. The van der Waals surface area contributed by atoms with Crippen LogP contribution in [0.25, 0.3) is 0 Å². The van der Waals surface area contributed by atoms with E-state index in [9.17, 15) is 9.59 Å². The Hall–Kier alpha value is -3.00. The summed E-state index contributed by atoms with van der Waals surface area (Å²) in [7, 11) is 0. The van der Waals surface area contributed by atoms with Crippen LogP contribution in [0.2, 0.25) is 0 Å². The number of aryl methyl sites for hydroxylation is 1. The fourth-order valence-electron chi connectivity index (χ4n) is 3.38. The van der Waals surface area contributed by atoms with Crippen LogP contribution >= 0.6 is 12.6 Å². The van der Waals surface area contributed by atoms with Crippen molar-refractivity contribution >= 4 is 41.8 Å². The van der Waals surface area contributed by atoms with Crippen molar-refractivity contribution < 1.29 is 9.59 Å². The van der Waals surface area contributed by atoms with Crippen molar-refractivity contribution in [1.29, 1.82) is 0 Å². The van der Waals surface area contributed by atoms with Crippen molar-refractivity contribution in [2.45, 2.75) is 27.2 Å². The molecule has 2 heterocycles. The third-order valence-corrected chi connectivity index (χ3v) is 4.97. The summed E-state index contributed by atoms with van der Waals surface area (Å²) in [5.41, 5.74) is 9.44. The average Bonchev–Trinajstić information content (AvgIpc) is 2.68. The highest BCUT2D eigenvalue weighted by Crippen LogP contribution is 2.38. The lowest BCUT2D eigenvalue weighted by Gasteiger charge is -2.36. The molecule has 2 amide bonds. The third kappa shape index (κ3) is 4.22. The van der Waals surface area contributed by atoms with E-state index >= 15 is 0 Å². The molecule has 1 atom stereocenters. The fraction of sp³-hybridized carbons (Fsp3) is 0.286. The van der Waals surface area contributed by atoms with Gasteiger partial charge >= 0.3 is 0 Å². The molecule has 0 unspecified atom stereocenters. The summed E-state index contributed by atoms with van der Waals surface area (Å²) in [5, 5.41) is 0. The van der Waals surface area contributed by atoms with E-state index in [4.69, 9.17) is 10.7 Å². The number of carbonyl (C=O) groups excluding carboxylic acids is 2. The number of thiol groups is 1. The fourth-order valence-corrected chi connectivity index (χ4v) is 3.51. The summed E-state index contributed by atoms with van der Waals surface area (Å²) < 4.78 is 0. The van der Waals surface area contributed by atoms with Crippen molar-refractivity contribution in [3.8, 4) is 0 Å². The number of nitrogens with zero attached hydrogens (tertiary/aromatic N) is 4. The molecule has 0 fully saturated rings. The zero-order chi connectivity index (χ0) is 21.1. The van der Waals surface area contributed by atoms with Crippen LogP contribution in [0.3, 0.4) is 0 Å². The van der Waals surface area contributed by atoms with Gasteiger partial charge in [0.15, 0.2) is 0 Å². The van der Waals surface area contributed by atoms with Crippen molar-refractivity contribution in [3.05, 3.63) is 59.1 Å². The van der Waals surface area contributed by atoms with Gasteiger partial charge in [0.25, 0.3) is 0 Å². The number of hydrogen-bond donors (Lipinski definition) is 2. The van der Waals surface area contributed by atoms with Gasteiger partial charge in [0.1, 0.15) is 0 Å². The molecule has 0 spiro atoms. The first-order valence-electron chi connectivity index (χ1n) is 9.27. The summed E-state index contributed by atoms with van der Waals surface area (Å²) in [4.78, 5) is 39.2. The van der Waals surface area contributed by atoms with Gasteiger partial charge in [0.2, 0.25) is 17.8 Å². The Kier molecular flexibility index (Phi) is 6.12. The van der Waals surface area contributed by atoms with E-state index < -0.39 is 5.91 Å². The zero-order valence-electron chi connectivity index (χ0n) is 16.6. The SMILES string of the molecule is CC(=O)N1/C(=C/CCS)[C@H](C)C(=Nc2nccc(C)n2)c2cc(C(N)=O)ccc21. The highest BCUT2D eigenvalue weighted by Gasteiger charge is 2.34. The largest absolute Gasteiger partial charge is 0.366 e. The van der Waals surface area contributed by atoms with Crippen molar-refractivity contribution in [3.63, 3.8) is 0 Å². The number of allylic oxidation sites excluding steroid dienone is 2. The van der Waals surface area contributed by atoms with Gasteiger partial charge in [-0.05, 0) is 43.4 Å². The van der Waals surface area contributed by atoms with E-state index in [1.54, 1.807) is 35.4 Å². The second-order valence-corrected chi connectivity index (χ2v) is 7.26. The minimum atomic E-state index is -0.544. The second kappa shape index (κ2) is 8.57. The molecule has 0 saturated carbocycles. The maximum atomic E-state index is 12.5. The smallest absolute Gasteiger partial charge is 0.249 e. The summed E-state index contributed by atoms with van der Waals surface area (Å²) in [5.74, 6) is 0.0901. The molecule has 0 bridgehead atoms. The first-order valence-corrected chi connectivity index (χ1v) is 9.90. The molecular formula is C21H23N5O2S. The van der Waals surface area contributed by atoms with Gasteiger partial charge in [-0.25, -0.2) is 15.0 Å². The summed E-state index contributed by atoms with van der Waals surface area (Å²) in [6.07, 6.45) is 4.35. The molecule has 150 valence electrons. The quantitative estimate of drug-likeness (QED) is 0.757. The molecule has 1 aromatic carbocycles. The molecule has 0 radical (unpaired) electrons. The lowest BCUT2D eigenvalue weighted by Crippen LogP contribution is -2.39. The molecule has 7 nitrogen and oxygen atoms in total. The minimum absolute atomic E-state index is 0.124. The molecule has 0 saturated heterocycles. The predicted molar refractivity (Wildman–Crippen MR) is 117 cm³/mol. The number of rotatable bonds is 4. The topological polar surface area (TPSA) is 102 Å². The van der Waals surface area contributed by atoms with Gasteiger partial charge in [0, 0.05) is 41.6 Å². The van der Waals surface area contributed by atoms with Gasteiger partial charge in [-0.1, -0.05) is 13.0 Å². The monoisotopic (exact) mass is 409 g/mol. The van der Waals surface area contributed by atoms with Crippen LogP contribution in [0.15, 0.2) is 47.2 Å². The van der Waals surface area contributed by atoms with Crippen molar-refractivity contribution in [2.75, 3.05) is 10.7 Å². The number of benzene rings is 1. The number of nitrogens with two attached hydrogens (primary N) is 1. The van der Waals surface area contributed by atoms with Crippen LogP contribution in [-0.2, 0) is 4.79 Å². The van der Waals surface area contributed by atoms with Crippen molar-refractivity contribution in [1.82, 2.24) is 9.97 Å². The Morgan fingerprint density at radius 3 is 2.72 bits per heavy atom. The molecular weight excluding hydrogens is 386 g/mol. The summed E-state index contributed by atoms with van der Waals surface area (Å²) in [6.45, 7) is 5.35. The van der Waals surface area contributed by atoms with Gasteiger partial charge in [0.05, 0.1) is 11.4 Å². The minimum Gasteiger partial charge on any atom is -0.366 e. The van der Waals surface area contributed by atoms with E-state index in [0.29, 0.717) is 40.6 Å². The zero-order valence-corrected chi connectivity index (χ0v) is 17.5. The molecule has 1 aliphatic heterocycles. The lowest BCUT2D eigenvalue weighted by atomic mass is 9.86. The van der Waals surface area contributed by atoms with Crippen LogP contribution in [0.1, 0.15) is 41.9 Å². The lowest BCUT2D eigenvalue weighted by molar-refractivity contribution is -0.116. The Labute approximate surface area is 175 Å². The van der Waals surface area contributed by atoms with E-state index in [0.717, 1.165) is 11.4 Å². The number of aliphatic imine (C=N–C) groups is 1. The third-order valence-electron chi connectivity index (χ3n) is 4.71. The molecule has 2 aromatic rings. The van der Waals surface area contributed by atoms with Gasteiger partial charge in [-0.3, -0.25) is 14.5 Å². The van der Waals surface area contributed by atoms with Crippen LogP contribution in [0.5, 0.6) is 0 Å². The first kappa shape index (κ1) is 20.7. The molecule has 29 heavy (non-hydrogen) atoms. The molecule has 1 aliphatic rings. The Balaban J connectivity index is 2.29. The number of amides is 2. The molecule has 8 heteroatoms. The number of primary amides is 1. The van der Waals surface area contributed by atoms with E-state index in [2.05, 4.69) is 22.6 Å². The number of carbonyl (C=O) groups is 2. The van der Waals surface area contributed by atoms with Crippen LogP contribution in [0.4, 0.5) is 11.6 Å². The van der Waals surface area contributed by atoms with Crippen LogP contribution in [-0.4, -0.2) is 33.2 Å². The molecule has 1 aromatic heterocycles. The van der Waals surface area contributed by atoms with Crippen molar-refractivity contribution in [2.24, 2.45) is 16.6 Å². The van der Waals surface area contributed by atoms with Gasteiger partial charge in [-0.2, -0.15) is 12.6 Å². The van der Waals surface area contributed by atoms with Crippen LogP contribution < -0.4 is 10.6 Å².